The molecule has 0 fully saturated rings. The van der Waals surface area contributed by atoms with Crippen LogP contribution in [-0.4, -0.2) is 38.6 Å². The largest absolute Gasteiger partial charge is 0.496 e. The molecule has 21 heavy (non-hydrogen) atoms. The summed E-state index contributed by atoms with van der Waals surface area (Å²) in [5, 5.41) is 3.08. The topological polar surface area (TPSA) is 41.6 Å². The number of carbonyl (C=O) groups is 1. The van der Waals surface area contributed by atoms with Crippen LogP contribution in [0.1, 0.15) is 38.3 Å². The number of nitrogens with one attached hydrogen (secondary N) is 1. The maximum atomic E-state index is 12.2. The first-order valence-corrected chi connectivity index (χ1v) is 7.62. The number of amides is 1. The minimum absolute atomic E-state index is 0.0967. The van der Waals surface area contributed by atoms with E-state index in [0.29, 0.717) is 6.54 Å². The van der Waals surface area contributed by atoms with Crippen molar-refractivity contribution in [1.82, 2.24) is 10.2 Å². The van der Waals surface area contributed by atoms with Crippen molar-refractivity contribution < 1.29 is 9.53 Å². The Balaban J connectivity index is 2.82. The molecule has 1 aromatic carbocycles. The Bertz CT molecular complexity index is 442. The lowest BCUT2D eigenvalue weighted by Gasteiger charge is -2.27. The van der Waals surface area contributed by atoms with Crippen LogP contribution in [-0.2, 0) is 4.79 Å². The molecular weight excluding hydrogens is 264 g/mol. The second-order valence-corrected chi connectivity index (χ2v) is 5.48. The number of para-hydroxylation sites is 1. The molecule has 0 unspecified atom stereocenters. The number of ether oxygens (including phenoxy) is 1. The van der Waals surface area contributed by atoms with Crippen LogP contribution in [0.4, 0.5) is 0 Å². The predicted octanol–water partition coefficient (Wildman–Crippen LogP) is 2.85. The minimum atomic E-state index is 0.0967. The van der Waals surface area contributed by atoms with Crippen LogP contribution < -0.4 is 10.1 Å². The number of hydrogen-bond donors (Lipinski definition) is 1. The molecule has 0 saturated carbocycles. The van der Waals surface area contributed by atoms with Crippen molar-refractivity contribution in [1.29, 1.82) is 0 Å². The maximum Gasteiger partial charge on any atom is 0.223 e. The van der Waals surface area contributed by atoms with Crippen molar-refractivity contribution in [2.45, 2.75) is 32.7 Å². The monoisotopic (exact) mass is 292 g/mol. The Labute approximate surface area is 128 Å². The smallest absolute Gasteiger partial charge is 0.223 e. The van der Waals surface area contributed by atoms with Gasteiger partial charge in [-0.05, 0) is 33.0 Å². The molecule has 118 valence electrons. The zero-order valence-corrected chi connectivity index (χ0v) is 13.8. The molecule has 0 aliphatic carbocycles. The molecule has 1 N–H and O–H groups in total. The highest BCUT2D eigenvalue weighted by Gasteiger charge is 2.21. The molecule has 4 heteroatoms. The van der Waals surface area contributed by atoms with Crippen LogP contribution in [0.3, 0.4) is 0 Å². The number of benzene rings is 1. The summed E-state index contributed by atoms with van der Waals surface area (Å²) >= 11 is 0. The molecule has 0 bridgehead atoms. The third-order valence-corrected chi connectivity index (χ3v) is 3.95. The summed E-state index contributed by atoms with van der Waals surface area (Å²) in [4.78, 5) is 14.3. The number of likely N-dealkylation sites (N-methyl/N-ethyl adjacent to an activating group) is 1. The maximum absolute atomic E-state index is 12.2. The van der Waals surface area contributed by atoms with Gasteiger partial charge in [-0.25, -0.2) is 0 Å². The second-order valence-electron chi connectivity index (χ2n) is 5.48. The Morgan fingerprint density at radius 3 is 2.38 bits per heavy atom. The average molecular weight is 292 g/mol. The molecule has 0 saturated heterocycles. The number of carbonyl (C=O) groups excluding carboxylic acids is 1. The first kappa shape index (κ1) is 17.5. The fourth-order valence-electron chi connectivity index (χ4n) is 2.51. The molecule has 0 spiro atoms. The SMILES string of the molecule is CCC(CC)C(=O)NC[C@H](c1ccccc1OC)N(C)C. The summed E-state index contributed by atoms with van der Waals surface area (Å²) in [6, 6.07) is 8.05. The summed E-state index contributed by atoms with van der Waals surface area (Å²) in [6.07, 6.45) is 1.76. The van der Waals surface area contributed by atoms with Crippen LogP contribution in [0, 0.1) is 5.92 Å². The van der Waals surface area contributed by atoms with Gasteiger partial charge in [-0.3, -0.25) is 4.79 Å². The van der Waals surface area contributed by atoms with Gasteiger partial charge >= 0.3 is 0 Å². The highest BCUT2D eigenvalue weighted by molar-refractivity contribution is 5.78. The molecule has 0 aliphatic heterocycles. The Hall–Kier alpha value is -1.55. The predicted molar refractivity (Wildman–Crippen MR) is 86.5 cm³/mol. The number of methoxy groups -OCH3 is 1. The summed E-state index contributed by atoms with van der Waals surface area (Å²) in [5.74, 6) is 1.10. The van der Waals surface area contributed by atoms with Gasteiger partial charge in [0.15, 0.2) is 0 Å². The standard InChI is InChI=1S/C17H28N2O2/c1-6-13(7-2)17(20)18-12-15(19(3)4)14-10-8-9-11-16(14)21-5/h8-11,13,15H,6-7,12H2,1-5H3,(H,18,20)/t15-/m1/s1. The van der Waals surface area contributed by atoms with E-state index in [1.165, 1.54) is 0 Å². The van der Waals surface area contributed by atoms with Gasteiger partial charge in [0.1, 0.15) is 5.75 Å². The van der Waals surface area contributed by atoms with Crippen LogP contribution in [0.2, 0.25) is 0 Å². The molecule has 0 aromatic heterocycles. The summed E-state index contributed by atoms with van der Waals surface area (Å²) in [6.45, 7) is 4.69. The zero-order valence-electron chi connectivity index (χ0n) is 13.8. The number of rotatable bonds is 8. The molecule has 1 atom stereocenters. The van der Waals surface area contributed by atoms with Crippen molar-refractivity contribution in [2.24, 2.45) is 5.92 Å². The van der Waals surface area contributed by atoms with Crippen LogP contribution in [0.25, 0.3) is 0 Å². The lowest BCUT2D eigenvalue weighted by Crippen LogP contribution is -2.37. The lowest BCUT2D eigenvalue weighted by atomic mass is 10.0. The van der Waals surface area contributed by atoms with Crippen LogP contribution >= 0.6 is 0 Å². The third-order valence-electron chi connectivity index (χ3n) is 3.95. The van der Waals surface area contributed by atoms with Gasteiger partial charge < -0.3 is 15.0 Å². The molecule has 0 radical (unpaired) electrons. The molecule has 1 aromatic rings. The van der Waals surface area contributed by atoms with Gasteiger partial charge in [0.2, 0.25) is 5.91 Å². The highest BCUT2D eigenvalue weighted by Crippen LogP contribution is 2.27. The summed E-state index contributed by atoms with van der Waals surface area (Å²) < 4.78 is 5.43. The number of hydrogen-bond acceptors (Lipinski definition) is 3. The van der Waals surface area contributed by atoms with Crippen molar-refractivity contribution in [3.63, 3.8) is 0 Å². The normalized spacial score (nSPS) is 12.5. The number of nitrogens with zero attached hydrogens (tertiary/aromatic N) is 1. The summed E-state index contributed by atoms with van der Waals surface area (Å²) in [7, 11) is 5.70. The van der Waals surface area contributed by atoms with E-state index in [-0.39, 0.29) is 17.9 Å². The zero-order chi connectivity index (χ0) is 15.8. The van der Waals surface area contributed by atoms with E-state index in [2.05, 4.69) is 24.1 Å². The quantitative estimate of drug-likeness (QED) is 0.801. The van der Waals surface area contributed by atoms with Gasteiger partial charge in [-0.1, -0.05) is 32.0 Å². The van der Waals surface area contributed by atoms with E-state index in [9.17, 15) is 4.79 Å². The van der Waals surface area contributed by atoms with E-state index in [0.717, 1.165) is 24.2 Å². The first-order valence-electron chi connectivity index (χ1n) is 7.62. The van der Waals surface area contributed by atoms with Crippen molar-refractivity contribution in [3.05, 3.63) is 29.8 Å². The molecule has 1 rings (SSSR count). The first-order chi connectivity index (χ1) is 10.0. The Morgan fingerprint density at radius 1 is 1.24 bits per heavy atom. The van der Waals surface area contributed by atoms with Crippen molar-refractivity contribution >= 4 is 5.91 Å². The average Bonchev–Trinajstić information content (AvgIpc) is 2.48. The van der Waals surface area contributed by atoms with E-state index in [4.69, 9.17) is 4.74 Å². The van der Waals surface area contributed by atoms with Gasteiger partial charge in [0.05, 0.1) is 13.2 Å². The molecule has 0 aliphatic rings. The minimum Gasteiger partial charge on any atom is -0.496 e. The fraction of sp³-hybridized carbons (Fsp3) is 0.588. The molecule has 4 nitrogen and oxygen atoms in total. The lowest BCUT2D eigenvalue weighted by molar-refractivity contribution is -0.125. The molecule has 1 amide bonds. The van der Waals surface area contributed by atoms with E-state index < -0.39 is 0 Å². The summed E-state index contributed by atoms with van der Waals surface area (Å²) in [5.41, 5.74) is 1.09. The van der Waals surface area contributed by atoms with Gasteiger partial charge in [-0.15, -0.1) is 0 Å². The van der Waals surface area contributed by atoms with Crippen LogP contribution in [0.15, 0.2) is 24.3 Å². The highest BCUT2D eigenvalue weighted by atomic mass is 16.5. The van der Waals surface area contributed by atoms with E-state index in [1.807, 2.05) is 38.4 Å². The molecule has 0 heterocycles. The molecular formula is C17H28N2O2. The van der Waals surface area contributed by atoms with E-state index >= 15 is 0 Å². The van der Waals surface area contributed by atoms with Crippen molar-refractivity contribution in [2.75, 3.05) is 27.7 Å². The Kier molecular flexibility index (Phi) is 7.23. The van der Waals surface area contributed by atoms with Crippen LogP contribution in [0.5, 0.6) is 5.75 Å². The Morgan fingerprint density at radius 2 is 1.86 bits per heavy atom. The van der Waals surface area contributed by atoms with E-state index in [1.54, 1.807) is 7.11 Å². The van der Waals surface area contributed by atoms with Gasteiger partial charge in [0, 0.05) is 18.0 Å². The fourth-order valence-corrected chi connectivity index (χ4v) is 2.51. The van der Waals surface area contributed by atoms with Crippen molar-refractivity contribution in [3.8, 4) is 5.75 Å². The van der Waals surface area contributed by atoms with Gasteiger partial charge in [-0.2, -0.15) is 0 Å². The van der Waals surface area contributed by atoms with Gasteiger partial charge in [0.25, 0.3) is 0 Å². The third kappa shape index (κ3) is 4.74. The second kappa shape index (κ2) is 8.67.